The molecule has 2 fully saturated rings. The maximum absolute atomic E-state index is 12.2. The van der Waals surface area contributed by atoms with Crippen LogP contribution in [0.4, 0.5) is 0 Å². The minimum atomic E-state index is -1.39. The number of carbonyl (C=O) groups excluding carboxylic acids is 2. The molecule has 12 heteroatoms. The van der Waals surface area contributed by atoms with Crippen molar-refractivity contribution in [3.63, 3.8) is 0 Å². The third-order valence-electron chi connectivity index (χ3n) is 6.02. The number of hydrogen-bond donors (Lipinski definition) is 4. The molecule has 186 valence electrons. The summed E-state index contributed by atoms with van der Waals surface area (Å²) in [4.78, 5) is 24.2. The van der Waals surface area contributed by atoms with E-state index in [-0.39, 0.29) is 19.8 Å². The summed E-state index contributed by atoms with van der Waals surface area (Å²) >= 11 is 0. The van der Waals surface area contributed by atoms with Crippen LogP contribution in [0, 0.1) is 11.8 Å². The normalized spacial score (nSPS) is 40.0. The molecular formula is C20H34O12. The molecule has 0 radical (unpaired) electrons. The molecule has 2 rings (SSSR count). The molecule has 0 amide bonds. The van der Waals surface area contributed by atoms with Gasteiger partial charge in [-0.3, -0.25) is 0 Å². The zero-order valence-electron chi connectivity index (χ0n) is 18.7. The third-order valence-corrected chi connectivity index (χ3v) is 6.02. The quantitative estimate of drug-likeness (QED) is 0.266. The van der Waals surface area contributed by atoms with Gasteiger partial charge in [0.05, 0.1) is 46.2 Å². The summed E-state index contributed by atoms with van der Waals surface area (Å²) in [5, 5.41) is 41.7. The summed E-state index contributed by atoms with van der Waals surface area (Å²) in [6.45, 7) is 1.17. The van der Waals surface area contributed by atoms with Gasteiger partial charge in [0.15, 0.2) is 12.2 Å². The van der Waals surface area contributed by atoms with Gasteiger partial charge in [-0.1, -0.05) is 6.92 Å². The fourth-order valence-electron chi connectivity index (χ4n) is 4.14. The van der Waals surface area contributed by atoms with E-state index in [1.54, 1.807) is 6.92 Å². The topological polar surface area (TPSA) is 170 Å². The highest BCUT2D eigenvalue weighted by molar-refractivity contribution is 5.75. The van der Waals surface area contributed by atoms with Gasteiger partial charge in [-0.15, -0.1) is 0 Å². The van der Waals surface area contributed by atoms with Crippen molar-refractivity contribution in [2.45, 2.75) is 62.2 Å². The average Bonchev–Trinajstić information content (AvgIpc) is 2.79. The first kappa shape index (κ1) is 26.9. The summed E-state index contributed by atoms with van der Waals surface area (Å²) in [6, 6.07) is 0. The van der Waals surface area contributed by atoms with Crippen LogP contribution >= 0.6 is 0 Å². The van der Waals surface area contributed by atoms with Crippen LogP contribution in [0.3, 0.4) is 0 Å². The summed E-state index contributed by atoms with van der Waals surface area (Å²) in [6.07, 6.45) is -9.25. The number of carbonyl (C=O) groups is 2. The molecule has 2 saturated heterocycles. The monoisotopic (exact) mass is 466 g/mol. The van der Waals surface area contributed by atoms with E-state index < -0.39 is 72.6 Å². The highest BCUT2D eigenvalue weighted by atomic mass is 16.6. The number of hydrogen-bond acceptors (Lipinski definition) is 12. The van der Waals surface area contributed by atoms with Crippen molar-refractivity contribution in [3.05, 3.63) is 0 Å². The van der Waals surface area contributed by atoms with E-state index >= 15 is 0 Å². The SMILES string of the molecule is CCC1C(C(=O)OC)O[C@@H](COCC2C(C(=O)OC)O[C@H](COC)C(O)C2O)C(O)C1O. The first-order valence-electron chi connectivity index (χ1n) is 10.5. The molecule has 2 aliphatic heterocycles. The van der Waals surface area contributed by atoms with E-state index in [9.17, 15) is 30.0 Å². The molecule has 10 atom stereocenters. The first-order chi connectivity index (χ1) is 15.2. The molecular weight excluding hydrogens is 432 g/mol. The van der Waals surface area contributed by atoms with Gasteiger partial charge in [0, 0.05) is 18.9 Å². The molecule has 2 aliphatic rings. The molecule has 2 heterocycles. The minimum Gasteiger partial charge on any atom is -0.467 e. The second-order valence-corrected chi connectivity index (χ2v) is 7.93. The van der Waals surface area contributed by atoms with Gasteiger partial charge < -0.3 is 48.8 Å². The van der Waals surface area contributed by atoms with Gasteiger partial charge in [-0.25, -0.2) is 9.59 Å². The van der Waals surface area contributed by atoms with Crippen LogP contribution in [0.5, 0.6) is 0 Å². The standard InChI is InChI=1S/C20H34O12/c1-5-9-13(21)16(24)12(32-17(9)19(25)28-3)8-30-6-10-14(22)15(23)11(7-27-2)31-18(10)20(26)29-4/h9-18,21-24H,5-8H2,1-4H3/t9?,10?,11-,12+,13?,14?,15?,16?,17?,18?/m1/s1. The smallest absolute Gasteiger partial charge is 0.335 e. The molecule has 0 spiro atoms. The fourth-order valence-corrected chi connectivity index (χ4v) is 4.14. The lowest BCUT2D eigenvalue weighted by atomic mass is 9.84. The predicted molar refractivity (Wildman–Crippen MR) is 105 cm³/mol. The molecule has 0 aromatic heterocycles. The summed E-state index contributed by atoms with van der Waals surface area (Å²) in [5.74, 6) is -3.08. The highest BCUT2D eigenvalue weighted by Gasteiger charge is 2.49. The molecule has 0 aromatic rings. The van der Waals surface area contributed by atoms with Crippen molar-refractivity contribution in [2.75, 3.05) is 41.2 Å². The largest absolute Gasteiger partial charge is 0.467 e. The maximum Gasteiger partial charge on any atom is 0.335 e. The van der Waals surface area contributed by atoms with Crippen molar-refractivity contribution in [3.8, 4) is 0 Å². The van der Waals surface area contributed by atoms with E-state index in [4.69, 9.17) is 28.4 Å². The van der Waals surface area contributed by atoms with E-state index in [0.717, 1.165) is 7.11 Å². The van der Waals surface area contributed by atoms with Crippen molar-refractivity contribution >= 4 is 11.9 Å². The number of aliphatic hydroxyl groups is 4. The Kier molecular flexibility index (Phi) is 10.2. The Bertz CT molecular complexity index is 615. The van der Waals surface area contributed by atoms with Gasteiger partial charge >= 0.3 is 11.9 Å². The van der Waals surface area contributed by atoms with Gasteiger partial charge in [0.2, 0.25) is 0 Å². The van der Waals surface area contributed by atoms with Gasteiger partial charge in [-0.05, 0) is 6.42 Å². The molecule has 0 bridgehead atoms. The molecule has 0 aliphatic carbocycles. The van der Waals surface area contributed by atoms with Gasteiger partial charge in [-0.2, -0.15) is 0 Å². The van der Waals surface area contributed by atoms with Crippen LogP contribution in [0.2, 0.25) is 0 Å². The zero-order chi connectivity index (χ0) is 24.0. The minimum absolute atomic E-state index is 0.0488. The van der Waals surface area contributed by atoms with Crippen molar-refractivity contribution < 1.29 is 58.4 Å². The summed E-state index contributed by atoms with van der Waals surface area (Å²) in [5.41, 5.74) is 0. The van der Waals surface area contributed by atoms with Crippen molar-refractivity contribution in [2.24, 2.45) is 11.8 Å². The van der Waals surface area contributed by atoms with Gasteiger partial charge in [0.1, 0.15) is 24.4 Å². The predicted octanol–water partition coefficient (Wildman–Crippen LogP) is -2.38. The Morgan fingerprint density at radius 1 is 0.719 bits per heavy atom. The number of ether oxygens (including phenoxy) is 6. The number of methoxy groups -OCH3 is 3. The van der Waals surface area contributed by atoms with Crippen molar-refractivity contribution in [1.82, 2.24) is 0 Å². The van der Waals surface area contributed by atoms with Crippen LogP contribution in [-0.2, 0) is 38.0 Å². The Balaban J connectivity index is 2.06. The molecule has 0 saturated carbocycles. The van der Waals surface area contributed by atoms with Crippen LogP contribution in [0.25, 0.3) is 0 Å². The molecule has 4 N–H and O–H groups in total. The van der Waals surface area contributed by atoms with E-state index in [1.807, 2.05) is 0 Å². The highest BCUT2D eigenvalue weighted by Crippen LogP contribution is 2.31. The van der Waals surface area contributed by atoms with Gasteiger partial charge in [0.25, 0.3) is 0 Å². The van der Waals surface area contributed by atoms with E-state index in [2.05, 4.69) is 0 Å². The second kappa shape index (κ2) is 12.2. The lowest BCUT2D eigenvalue weighted by Crippen LogP contribution is -2.60. The molecule has 12 nitrogen and oxygen atoms in total. The number of esters is 2. The Morgan fingerprint density at radius 2 is 1.19 bits per heavy atom. The lowest BCUT2D eigenvalue weighted by molar-refractivity contribution is -0.238. The maximum atomic E-state index is 12.2. The molecule has 8 unspecified atom stereocenters. The summed E-state index contributed by atoms with van der Waals surface area (Å²) in [7, 11) is 3.75. The number of rotatable bonds is 9. The van der Waals surface area contributed by atoms with Crippen LogP contribution < -0.4 is 0 Å². The Hall–Kier alpha value is -1.38. The fraction of sp³-hybridized carbons (Fsp3) is 0.900. The number of aliphatic hydroxyl groups excluding tert-OH is 4. The molecule has 32 heavy (non-hydrogen) atoms. The van der Waals surface area contributed by atoms with Crippen molar-refractivity contribution in [1.29, 1.82) is 0 Å². The van der Waals surface area contributed by atoms with E-state index in [0.29, 0.717) is 6.42 Å². The van der Waals surface area contributed by atoms with Crippen LogP contribution in [0.15, 0.2) is 0 Å². The Morgan fingerprint density at radius 3 is 1.66 bits per heavy atom. The lowest BCUT2D eigenvalue weighted by Gasteiger charge is -2.43. The average molecular weight is 466 g/mol. The Labute approximate surface area is 186 Å². The van der Waals surface area contributed by atoms with Crippen LogP contribution in [0.1, 0.15) is 13.3 Å². The third kappa shape index (κ3) is 5.75. The first-order valence-corrected chi connectivity index (χ1v) is 10.5. The molecule has 0 aromatic carbocycles. The van der Waals surface area contributed by atoms with Crippen LogP contribution in [-0.4, -0.2) is 122 Å². The summed E-state index contributed by atoms with van der Waals surface area (Å²) < 4.78 is 31.2. The second-order valence-electron chi connectivity index (χ2n) is 7.93. The zero-order valence-corrected chi connectivity index (χ0v) is 18.7. The van der Waals surface area contributed by atoms with E-state index in [1.165, 1.54) is 14.2 Å².